The van der Waals surface area contributed by atoms with Gasteiger partial charge in [-0.1, -0.05) is 18.2 Å². The van der Waals surface area contributed by atoms with Crippen molar-refractivity contribution in [3.05, 3.63) is 59.8 Å². The molecule has 0 unspecified atom stereocenters. The summed E-state index contributed by atoms with van der Waals surface area (Å²) in [5.74, 6) is -0.226. The number of fused-ring (bicyclic) bond motifs is 1. The first kappa shape index (κ1) is 19.0. The Hall–Kier alpha value is -3.35. The van der Waals surface area contributed by atoms with Crippen LogP contribution < -0.4 is 4.72 Å². The molecule has 0 bridgehead atoms. The summed E-state index contributed by atoms with van der Waals surface area (Å²) in [6.45, 7) is 1.89. The molecule has 8 nitrogen and oxygen atoms in total. The summed E-state index contributed by atoms with van der Waals surface area (Å²) in [6, 6.07) is 13.0. The van der Waals surface area contributed by atoms with E-state index in [1.165, 1.54) is 18.3 Å². The number of nitrogens with zero attached hydrogens (tertiary/aromatic N) is 2. The van der Waals surface area contributed by atoms with E-state index in [4.69, 9.17) is 10.00 Å². The average molecular weight is 410 g/mol. The quantitative estimate of drug-likeness (QED) is 0.685. The first-order valence-corrected chi connectivity index (χ1v) is 10.5. The van der Waals surface area contributed by atoms with E-state index in [0.717, 1.165) is 0 Å². The van der Waals surface area contributed by atoms with Gasteiger partial charge in [-0.3, -0.25) is 9.52 Å². The Labute approximate surface area is 167 Å². The number of hydrogen-bond donors (Lipinski definition) is 2. The van der Waals surface area contributed by atoms with Gasteiger partial charge in [0.2, 0.25) is 0 Å². The van der Waals surface area contributed by atoms with Crippen LogP contribution in [-0.2, 0) is 14.8 Å². The van der Waals surface area contributed by atoms with Gasteiger partial charge in [-0.2, -0.15) is 5.26 Å². The van der Waals surface area contributed by atoms with Gasteiger partial charge < -0.3 is 14.6 Å². The van der Waals surface area contributed by atoms with Crippen LogP contribution in [0.15, 0.2) is 53.6 Å². The lowest BCUT2D eigenvalue weighted by Crippen LogP contribution is -2.40. The Bertz CT molecular complexity index is 1220. The van der Waals surface area contributed by atoms with Gasteiger partial charge in [-0.25, -0.2) is 8.42 Å². The minimum atomic E-state index is -3.94. The number of anilines is 1. The van der Waals surface area contributed by atoms with Crippen molar-refractivity contribution in [2.45, 2.75) is 4.90 Å². The third kappa shape index (κ3) is 3.68. The lowest BCUT2D eigenvalue weighted by atomic mass is 10.2. The fraction of sp³-hybridized carbons (Fsp3) is 0.200. The molecule has 1 fully saturated rings. The molecular weight excluding hydrogens is 392 g/mol. The van der Waals surface area contributed by atoms with Gasteiger partial charge in [0.25, 0.3) is 15.9 Å². The number of morpholine rings is 1. The van der Waals surface area contributed by atoms with Gasteiger partial charge in [-0.15, -0.1) is 0 Å². The van der Waals surface area contributed by atoms with Gasteiger partial charge in [0.15, 0.2) is 0 Å². The van der Waals surface area contributed by atoms with Crippen molar-refractivity contribution in [1.29, 1.82) is 5.26 Å². The second-order valence-electron chi connectivity index (χ2n) is 6.58. The van der Waals surface area contributed by atoms with Crippen LogP contribution in [0.2, 0.25) is 0 Å². The number of aromatic amines is 1. The third-order valence-electron chi connectivity index (χ3n) is 4.77. The second kappa shape index (κ2) is 7.58. The van der Waals surface area contributed by atoms with Crippen molar-refractivity contribution in [3.63, 3.8) is 0 Å². The molecule has 2 N–H and O–H groups in total. The molecule has 1 aliphatic rings. The van der Waals surface area contributed by atoms with Crippen molar-refractivity contribution in [3.8, 4) is 6.07 Å². The molecule has 1 saturated heterocycles. The standard InChI is InChI=1S/C20H18N4O4S/c21-12-15-13-22-19-17(15)5-2-6-18(19)23-29(26,27)16-4-1-3-14(11-16)20(25)24-7-9-28-10-8-24/h1-6,11,13,22-23H,7-10H2. The number of nitrogens with one attached hydrogen (secondary N) is 2. The number of benzene rings is 2. The Morgan fingerprint density at radius 1 is 1.17 bits per heavy atom. The zero-order valence-corrected chi connectivity index (χ0v) is 16.2. The number of aromatic nitrogens is 1. The molecule has 2 aromatic carbocycles. The topological polar surface area (TPSA) is 115 Å². The predicted molar refractivity (Wildman–Crippen MR) is 107 cm³/mol. The van der Waals surface area contributed by atoms with E-state index in [9.17, 15) is 13.2 Å². The minimum Gasteiger partial charge on any atom is -0.378 e. The normalized spacial score (nSPS) is 14.5. The number of rotatable bonds is 4. The number of sulfonamides is 1. The van der Waals surface area contributed by atoms with Crippen LogP contribution >= 0.6 is 0 Å². The molecule has 0 atom stereocenters. The maximum Gasteiger partial charge on any atom is 0.261 e. The van der Waals surface area contributed by atoms with Crippen LogP contribution in [0.3, 0.4) is 0 Å². The molecule has 29 heavy (non-hydrogen) atoms. The van der Waals surface area contributed by atoms with E-state index in [1.54, 1.807) is 35.2 Å². The highest BCUT2D eigenvalue weighted by molar-refractivity contribution is 7.92. The fourth-order valence-corrected chi connectivity index (χ4v) is 4.40. The highest BCUT2D eigenvalue weighted by atomic mass is 32.2. The number of para-hydroxylation sites is 1. The summed E-state index contributed by atoms with van der Waals surface area (Å²) >= 11 is 0. The maximum absolute atomic E-state index is 12.9. The Balaban J connectivity index is 1.64. The van der Waals surface area contributed by atoms with E-state index in [-0.39, 0.29) is 10.8 Å². The predicted octanol–water partition coefficient (Wildman–Crippen LogP) is 2.31. The number of H-pyrrole nitrogens is 1. The van der Waals surface area contributed by atoms with Crippen molar-refractivity contribution >= 4 is 32.5 Å². The van der Waals surface area contributed by atoms with Crippen molar-refractivity contribution in [1.82, 2.24) is 9.88 Å². The molecule has 1 aromatic heterocycles. The van der Waals surface area contributed by atoms with Crippen molar-refractivity contribution in [2.24, 2.45) is 0 Å². The molecule has 3 aromatic rings. The van der Waals surface area contributed by atoms with Crippen molar-refractivity contribution in [2.75, 3.05) is 31.0 Å². The van der Waals surface area contributed by atoms with E-state index in [2.05, 4.69) is 15.8 Å². The zero-order valence-electron chi connectivity index (χ0n) is 15.4. The minimum absolute atomic E-state index is 0.0133. The molecule has 148 valence electrons. The summed E-state index contributed by atoms with van der Waals surface area (Å²) in [4.78, 5) is 17.2. The summed E-state index contributed by atoms with van der Waals surface area (Å²) < 4.78 is 33.7. The highest BCUT2D eigenvalue weighted by Crippen LogP contribution is 2.27. The molecule has 0 spiro atoms. The molecule has 4 rings (SSSR count). The van der Waals surface area contributed by atoms with Crippen LogP contribution in [0.5, 0.6) is 0 Å². The largest absolute Gasteiger partial charge is 0.378 e. The first-order valence-electron chi connectivity index (χ1n) is 9.00. The summed E-state index contributed by atoms with van der Waals surface area (Å²) in [5, 5.41) is 9.79. The zero-order chi connectivity index (χ0) is 20.4. The van der Waals surface area contributed by atoms with E-state index in [0.29, 0.717) is 54.0 Å². The Morgan fingerprint density at radius 3 is 2.69 bits per heavy atom. The highest BCUT2D eigenvalue weighted by Gasteiger charge is 2.22. The summed E-state index contributed by atoms with van der Waals surface area (Å²) in [7, 11) is -3.94. The smallest absolute Gasteiger partial charge is 0.261 e. The van der Waals surface area contributed by atoms with Gasteiger partial charge in [0.05, 0.1) is 34.9 Å². The van der Waals surface area contributed by atoms with E-state index < -0.39 is 10.0 Å². The molecular formula is C20H18N4O4S. The molecule has 0 aliphatic carbocycles. The molecule has 1 amide bonds. The first-order chi connectivity index (χ1) is 14.0. The van der Waals surface area contributed by atoms with Crippen LogP contribution in [0.25, 0.3) is 10.9 Å². The number of nitriles is 1. The molecule has 9 heteroatoms. The van der Waals surface area contributed by atoms with Gasteiger partial charge >= 0.3 is 0 Å². The Kier molecular flexibility index (Phi) is 4.96. The lowest BCUT2D eigenvalue weighted by molar-refractivity contribution is 0.0302. The van der Waals surface area contributed by atoms with Crippen LogP contribution in [0.1, 0.15) is 15.9 Å². The maximum atomic E-state index is 12.9. The fourth-order valence-electron chi connectivity index (χ4n) is 3.28. The van der Waals surface area contributed by atoms with Gasteiger partial charge in [0.1, 0.15) is 6.07 Å². The third-order valence-corrected chi connectivity index (χ3v) is 6.13. The SMILES string of the molecule is N#Cc1c[nH]c2c(NS(=O)(=O)c3cccc(C(=O)N4CCOCC4)c3)cccc12. The van der Waals surface area contributed by atoms with Gasteiger partial charge in [-0.05, 0) is 24.3 Å². The average Bonchev–Trinajstić information content (AvgIpc) is 3.18. The van der Waals surface area contributed by atoms with E-state index in [1.807, 2.05) is 0 Å². The summed E-state index contributed by atoms with van der Waals surface area (Å²) in [6.07, 6.45) is 1.53. The number of ether oxygens (including phenoxy) is 1. The lowest BCUT2D eigenvalue weighted by Gasteiger charge is -2.27. The van der Waals surface area contributed by atoms with Crippen LogP contribution in [0.4, 0.5) is 5.69 Å². The number of carbonyl (C=O) groups excluding carboxylic acids is 1. The van der Waals surface area contributed by atoms with Crippen LogP contribution in [-0.4, -0.2) is 50.5 Å². The molecule has 0 radical (unpaired) electrons. The van der Waals surface area contributed by atoms with Crippen molar-refractivity contribution < 1.29 is 17.9 Å². The molecule has 2 heterocycles. The number of hydrogen-bond acceptors (Lipinski definition) is 5. The number of carbonyl (C=O) groups is 1. The van der Waals surface area contributed by atoms with Crippen LogP contribution in [0, 0.1) is 11.3 Å². The number of amides is 1. The van der Waals surface area contributed by atoms with E-state index >= 15 is 0 Å². The van der Waals surface area contributed by atoms with Gasteiger partial charge in [0, 0.05) is 30.2 Å². The monoisotopic (exact) mass is 410 g/mol. The molecule has 0 saturated carbocycles. The second-order valence-corrected chi connectivity index (χ2v) is 8.26. The summed E-state index contributed by atoms with van der Waals surface area (Å²) in [5.41, 5.74) is 1.58. The Morgan fingerprint density at radius 2 is 1.93 bits per heavy atom. The molecule has 1 aliphatic heterocycles.